The third kappa shape index (κ3) is 5.04. The van der Waals surface area contributed by atoms with Crippen molar-refractivity contribution in [3.8, 4) is 5.69 Å². The average molecular weight is 404 g/mol. The van der Waals surface area contributed by atoms with E-state index in [4.69, 9.17) is 0 Å². The summed E-state index contributed by atoms with van der Waals surface area (Å²) in [5.41, 5.74) is 4.92. The van der Waals surface area contributed by atoms with Gasteiger partial charge in [0.1, 0.15) is 0 Å². The molecule has 2 aromatic rings. The van der Waals surface area contributed by atoms with Crippen molar-refractivity contribution < 1.29 is 13.6 Å². The molecule has 0 bridgehead atoms. The number of benzene rings is 1. The van der Waals surface area contributed by atoms with Crippen molar-refractivity contribution in [1.29, 1.82) is 0 Å². The van der Waals surface area contributed by atoms with E-state index in [-0.39, 0.29) is 18.5 Å². The SMILES string of the molecule is Cc1cc(C(=O)NC2CCN(CC(F)F)CC2)c(C)n1-c1ccc(C(C)C)cc1. The van der Waals surface area contributed by atoms with Gasteiger partial charge in [0.2, 0.25) is 0 Å². The lowest BCUT2D eigenvalue weighted by molar-refractivity contribution is 0.0696. The Balaban J connectivity index is 1.69. The van der Waals surface area contributed by atoms with Gasteiger partial charge in [0.25, 0.3) is 12.3 Å². The van der Waals surface area contributed by atoms with Crippen LogP contribution >= 0.6 is 0 Å². The first-order valence-corrected chi connectivity index (χ1v) is 10.4. The number of carbonyl (C=O) groups excluding carboxylic acids is 1. The molecule has 3 rings (SSSR count). The summed E-state index contributed by atoms with van der Waals surface area (Å²) in [7, 11) is 0. The minimum absolute atomic E-state index is 0.0322. The summed E-state index contributed by atoms with van der Waals surface area (Å²) in [5, 5.41) is 3.10. The zero-order valence-corrected chi connectivity index (χ0v) is 17.7. The van der Waals surface area contributed by atoms with Gasteiger partial charge >= 0.3 is 0 Å². The Bertz CT molecular complexity index is 835. The van der Waals surface area contributed by atoms with Crippen molar-refractivity contribution in [3.05, 3.63) is 52.8 Å². The lowest BCUT2D eigenvalue weighted by atomic mass is 10.0. The maximum Gasteiger partial charge on any atom is 0.253 e. The van der Waals surface area contributed by atoms with E-state index in [0.29, 0.717) is 37.4 Å². The number of alkyl halides is 2. The van der Waals surface area contributed by atoms with Gasteiger partial charge in [-0.05, 0) is 56.4 Å². The predicted molar refractivity (Wildman–Crippen MR) is 112 cm³/mol. The number of halogens is 2. The van der Waals surface area contributed by atoms with Gasteiger partial charge < -0.3 is 9.88 Å². The van der Waals surface area contributed by atoms with Crippen molar-refractivity contribution in [2.45, 2.75) is 58.9 Å². The van der Waals surface area contributed by atoms with Crippen LogP contribution in [0.25, 0.3) is 5.69 Å². The van der Waals surface area contributed by atoms with Gasteiger partial charge in [-0.2, -0.15) is 0 Å². The van der Waals surface area contributed by atoms with Crippen LogP contribution < -0.4 is 5.32 Å². The fourth-order valence-corrected chi connectivity index (χ4v) is 4.12. The number of hydrogen-bond donors (Lipinski definition) is 1. The van der Waals surface area contributed by atoms with E-state index in [9.17, 15) is 13.6 Å². The Morgan fingerprint density at radius 1 is 1.14 bits per heavy atom. The normalized spacial score (nSPS) is 16.0. The first kappa shape index (κ1) is 21.5. The second kappa shape index (κ2) is 9.08. The van der Waals surface area contributed by atoms with Crippen LogP contribution in [-0.2, 0) is 0 Å². The zero-order chi connectivity index (χ0) is 21.1. The molecule has 1 aromatic heterocycles. The molecule has 0 spiro atoms. The molecule has 0 atom stereocenters. The molecular weight excluding hydrogens is 372 g/mol. The molecule has 1 amide bonds. The molecule has 1 aliphatic rings. The molecule has 158 valence electrons. The van der Waals surface area contributed by atoms with Gasteiger partial charge in [-0.1, -0.05) is 26.0 Å². The quantitative estimate of drug-likeness (QED) is 0.761. The third-order valence-electron chi connectivity index (χ3n) is 5.81. The van der Waals surface area contributed by atoms with E-state index in [1.165, 1.54) is 5.56 Å². The Hall–Kier alpha value is -2.21. The summed E-state index contributed by atoms with van der Waals surface area (Å²) in [4.78, 5) is 14.6. The highest BCUT2D eigenvalue weighted by Crippen LogP contribution is 2.23. The number of aromatic nitrogens is 1. The van der Waals surface area contributed by atoms with Crippen LogP contribution in [0.2, 0.25) is 0 Å². The molecule has 1 aliphatic heterocycles. The Morgan fingerprint density at radius 3 is 2.31 bits per heavy atom. The van der Waals surface area contributed by atoms with E-state index in [0.717, 1.165) is 17.1 Å². The van der Waals surface area contributed by atoms with Crippen molar-refractivity contribution in [2.24, 2.45) is 0 Å². The van der Waals surface area contributed by atoms with Gasteiger partial charge in [0.05, 0.1) is 12.1 Å². The molecule has 0 aliphatic carbocycles. The summed E-state index contributed by atoms with van der Waals surface area (Å²) < 4.78 is 27.1. The van der Waals surface area contributed by atoms with Crippen LogP contribution in [0.3, 0.4) is 0 Å². The highest BCUT2D eigenvalue weighted by atomic mass is 19.3. The smallest absolute Gasteiger partial charge is 0.253 e. The summed E-state index contributed by atoms with van der Waals surface area (Å²) in [6, 6.07) is 10.4. The number of piperidine rings is 1. The minimum Gasteiger partial charge on any atom is -0.349 e. The van der Waals surface area contributed by atoms with Crippen LogP contribution in [0.5, 0.6) is 0 Å². The summed E-state index contributed by atoms with van der Waals surface area (Å²) in [5.74, 6) is 0.389. The molecule has 1 N–H and O–H groups in total. The number of nitrogens with zero attached hydrogens (tertiary/aromatic N) is 2. The molecule has 0 radical (unpaired) electrons. The number of aryl methyl sites for hydroxylation is 1. The summed E-state index contributed by atoms with van der Waals surface area (Å²) in [6.45, 7) is 9.31. The largest absolute Gasteiger partial charge is 0.349 e. The number of rotatable bonds is 6. The van der Waals surface area contributed by atoms with E-state index < -0.39 is 6.43 Å². The monoisotopic (exact) mass is 403 g/mol. The molecule has 4 nitrogen and oxygen atoms in total. The maximum absolute atomic E-state index is 12.9. The molecule has 0 saturated carbocycles. The van der Waals surface area contributed by atoms with Crippen molar-refractivity contribution >= 4 is 5.91 Å². The number of likely N-dealkylation sites (tertiary alicyclic amines) is 1. The fourth-order valence-electron chi connectivity index (χ4n) is 4.12. The second-order valence-electron chi connectivity index (χ2n) is 8.31. The van der Waals surface area contributed by atoms with Gasteiger partial charge in [-0.3, -0.25) is 9.69 Å². The van der Waals surface area contributed by atoms with Crippen molar-refractivity contribution in [1.82, 2.24) is 14.8 Å². The maximum atomic E-state index is 12.9. The third-order valence-corrected chi connectivity index (χ3v) is 5.81. The lowest BCUT2D eigenvalue weighted by Gasteiger charge is -2.32. The summed E-state index contributed by atoms with van der Waals surface area (Å²) >= 11 is 0. The zero-order valence-electron chi connectivity index (χ0n) is 17.7. The van der Waals surface area contributed by atoms with Crippen LogP contribution in [0, 0.1) is 13.8 Å². The van der Waals surface area contributed by atoms with Gasteiger partial charge in [0, 0.05) is 36.2 Å². The summed E-state index contributed by atoms with van der Waals surface area (Å²) in [6.07, 6.45) is -0.900. The van der Waals surface area contributed by atoms with Crippen molar-refractivity contribution in [3.63, 3.8) is 0 Å². The highest BCUT2D eigenvalue weighted by molar-refractivity contribution is 5.96. The first-order valence-electron chi connectivity index (χ1n) is 10.4. The Labute approximate surface area is 171 Å². The molecule has 29 heavy (non-hydrogen) atoms. The van der Waals surface area contributed by atoms with E-state index >= 15 is 0 Å². The molecular formula is C23H31F2N3O. The van der Waals surface area contributed by atoms with Gasteiger partial charge in [0.15, 0.2) is 0 Å². The number of hydrogen-bond acceptors (Lipinski definition) is 2. The number of carbonyl (C=O) groups is 1. The highest BCUT2D eigenvalue weighted by Gasteiger charge is 2.24. The van der Waals surface area contributed by atoms with Gasteiger partial charge in [-0.15, -0.1) is 0 Å². The van der Waals surface area contributed by atoms with Crippen molar-refractivity contribution in [2.75, 3.05) is 19.6 Å². The van der Waals surface area contributed by atoms with E-state index in [1.54, 1.807) is 4.90 Å². The minimum atomic E-state index is -2.30. The molecule has 1 fully saturated rings. The Morgan fingerprint density at radius 2 is 1.76 bits per heavy atom. The molecule has 6 heteroatoms. The van der Waals surface area contributed by atoms with Crippen LogP contribution in [0.15, 0.2) is 30.3 Å². The average Bonchev–Trinajstić information content (AvgIpc) is 2.97. The topological polar surface area (TPSA) is 37.3 Å². The van der Waals surface area contributed by atoms with E-state index in [2.05, 4.69) is 48.0 Å². The molecule has 2 heterocycles. The van der Waals surface area contributed by atoms with Gasteiger partial charge in [-0.25, -0.2) is 8.78 Å². The predicted octanol–water partition coefficient (Wildman–Crippen LogP) is 4.68. The number of amides is 1. The second-order valence-corrected chi connectivity index (χ2v) is 8.31. The fraction of sp³-hybridized carbons (Fsp3) is 0.522. The van der Waals surface area contributed by atoms with Crippen LogP contribution in [0.1, 0.15) is 59.9 Å². The molecule has 1 saturated heterocycles. The Kier molecular flexibility index (Phi) is 6.73. The first-order chi connectivity index (χ1) is 13.8. The van der Waals surface area contributed by atoms with E-state index in [1.807, 2.05) is 19.9 Å². The molecule has 1 aromatic carbocycles. The molecule has 0 unspecified atom stereocenters. The van der Waals surface area contributed by atoms with Crippen LogP contribution in [0.4, 0.5) is 8.78 Å². The lowest BCUT2D eigenvalue weighted by Crippen LogP contribution is -2.45. The van der Waals surface area contributed by atoms with Crippen LogP contribution in [-0.4, -0.2) is 47.5 Å². The standard InChI is InChI=1S/C23H31F2N3O/c1-15(2)18-5-7-20(8-6-18)28-16(3)13-21(17(28)4)23(29)26-19-9-11-27(12-10-19)14-22(24)25/h5-8,13,15,19,22H,9-12,14H2,1-4H3,(H,26,29). The number of nitrogens with one attached hydrogen (secondary N) is 1.